The van der Waals surface area contributed by atoms with Crippen LogP contribution in [0.2, 0.25) is 0 Å². The Labute approximate surface area is 123 Å². The van der Waals surface area contributed by atoms with Crippen LogP contribution in [-0.2, 0) is 16.6 Å². The minimum Gasteiger partial charge on any atom is -0.373 e. The van der Waals surface area contributed by atoms with Gasteiger partial charge < -0.3 is 10.1 Å². The standard InChI is InChI=1S/C16H19N3O2/c1-19-11-13(10-17-19)18-16(20)14-8-5-9-21-15(14)12-6-3-2-4-7-12/h2-4,6-7,10-11,14-15H,5,8-9H2,1H3,(H,18,20). The van der Waals surface area contributed by atoms with Crippen LogP contribution < -0.4 is 5.32 Å². The van der Waals surface area contributed by atoms with E-state index in [1.807, 2.05) is 37.4 Å². The first-order chi connectivity index (χ1) is 10.2. The number of benzene rings is 1. The summed E-state index contributed by atoms with van der Waals surface area (Å²) in [6.45, 7) is 0.705. The van der Waals surface area contributed by atoms with Gasteiger partial charge in [-0.05, 0) is 18.4 Å². The Kier molecular flexibility index (Phi) is 4.01. The van der Waals surface area contributed by atoms with Crippen LogP contribution in [0.4, 0.5) is 5.69 Å². The number of rotatable bonds is 3. The third-order valence-electron chi connectivity index (χ3n) is 3.76. The first-order valence-corrected chi connectivity index (χ1v) is 7.20. The molecule has 1 aromatic carbocycles. The zero-order valence-corrected chi connectivity index (χ0v) is 12.0. The zero-order chi connectivity index (χ0) is 14.7. The number of nitrogens with one attached hydrogen (secondary N) is 1. The maximum Gasteiger partial charge on any atom is 0.230 e. The highest BCUT2D eigenvalue weighted by Gasteiger charge is 2.33. The minimum absolute atomic E-state index is 0.00319. The highest BCUT2D eigenvalue weighted by molar-refractivity contribution is 5.92. The van der Waals surface area contributed by atoms with Crippen LogP contribution in [0.15, 0.2) is 42.7 Å². The summed E-state index contributed by atoms with van der Waals surface area (Å²) in [6, 6.07) is 9.95. The lowest BCUT2D eigenvalue weighted by Crippen LogP contribution is -2.33. The van der Waals surface area contributed by atoms with Crippen molar-refractivity contribution in [1.29, 1.82) is 0 Å². The molecule has 2 aromatic rings. The number of nitrogens with zero attached hydrogens (tertiary/aromatic N) is 2. The number of hydrogen-bond acceptors (Lipinski definition) is 3. The number of ether oxygens (including phenoxy) is 1. The molecule has 5 nitrogen and oxygen atoms in total. The molecule has 5 heteroatoms. The van der Waals surface area contributed by atoms with Gasteiger partial charge in [0.05, 0.1) is 23.9 Å². The van der Waals surface area contributed by atoms with Gasteiger partial charge in [-0.1, -0.05) is 30.3 Å². The van der Waals surface area contributed by atoms with Crippen molar-refractivity contribution in [1.82, 2.24) is 9.78 Å². The summed E-state index contributed by atoms with van der Waals surface area (Å²) >= 11 is 0. The number of anilines is 1. The quantitative estimate of drug-likeness (QED) is 0.942. The van der Waals surface area contributed by atoms with Crippen LogP contribution in [0.1, 0.15) is 24.5 Å². The van der Waals surface area contributed by atoms with Crippen molar-refractivity contribution in [3.63, 3.8) is 0 Å². The first kappa shape index (κ1) is 13.8. The van der Waals surface area contributed by atoms with E-state index in [2.05, 4.69) is 10.4 Å². The zero-order valence-electron chi connectivity index (χ0n) is 12.0. The maximum absolute atomic E-state index is 12.5. The Morgan fingerprint density at radius 2 is 2.19 bits per heavy atom. The van der Waals surface area contributed by atoms with Crippen LogP contribution >= 0.6 is 0 Å². The molecule has 0 radical (unpaired) electrons. The molecule has 0 saturated carbocycles. The Morgan fingerprint density at radius 3 is 2.90 bits per heavy atom. The van der Waals surface area contributed by atoms with Crippen molar-refractivity contribution in [2.24, 2.45) is 13.0 Å². The molecule has 1 aliphatic rings. The second-order valence-electron chi connectivity index (χ2n) is 5.34. The lowest BCUT2D eigenvalue weighted by molar-refractivity contribution is -0.129. The largest absolute Gasteiger partial charge is 0.373 e. The molecule has 0 bridgehead atoms. The molecule has 1 aromatic heterocycles. The normalized spacial score (nSPS) is 22.0. The van der Waals surface area contributed by atoms with Gasteiger partial charge in [-0.3, -0.25) is 9.48 Å². The average molecular weight is 285 g/mol. The summed E-state index contributed by atoms with van der Waals surface area (Å²) in [4.78, 5) is 12.5. The van der Waals surface area contributed by atoms with Gasteiger partial charge in [-0.2, -0.15) is 5.10 Å². The fourth-order valence-electron chi connectivity index (χ4n) is 2.74. The van der Waals surface area contributed by atoms with E-state index in [1.165, 1.54) is 0 Å². The van der Waals surface area contributed by atoms with E-state index in [1.54, 1.807) is 17.1 Å². The predicted molar refractivity (Wildman–Crippen MR) is 79.7 cm³/mol. The van der Waals surface area contributed by atoms with Crippen LogP contribution in [0.5, 0.6) is 0 Å². The highest BCUT2D eigenvalue weighted by atomic mass is 16.5. The Hall–Kier alpha value is -2.14. The fraction of sp³-hybridized carbons (Fsp3) is 0.375. The van der Waals surface area contributed by atoms with Crippen molar-refractivity contribution in [3.05, 3.63) is 48.3 Å². The van der Waals surface area contributed by atoms with Gasteiger partial charge in [0.25, 0.3) is 0 Å². The molecule has 1 N–H and O–H groups in total. The van der Waals surface area contributed by atoms with Crippen molar-refractivity contribution in [3.8, 4) is 0 Å². The van der Waals surface area contributed by atoms with Crippen LogP contribution in [0.25, 0.3) is 0 Å². The van der Waals surface area contributed by atoms with Gasteiger partial charge in [-0.25, -0.2) is 0 Å². The number of aryl methyl sites for hydroxylation is 1. The maximum atomic E-state index is 12.5. The lowest BCUT2D eigenvalue weighted by Gasteiger charge is -2.31. The topological polar surface area (TPSA) is 56.2 Å². The number of hydrogen-bond donors (Lipinski definition) is 1. The molecule has 3 rings (SSSR count). The van der Waals surface area contributed by atoms with Crippen molar-refractivity contribution in [2.75, 3.05) is 11.9 Å². The second kappa shape index (κ2) is 6.10. The van der Waals surface area contributed by atoms with Crippen LogP contribution in [-0.4, -0.2) is 22.3 Å². The average Bonchev–Trinajstić information content (AvgIpc) is 2.93. The highest BCUT2D eigenvalue weighted by Crippen LogP contribution is 2.34. The van der Waals surface area contributed by atoms with Gasteiger partial charge in [-0.15, -0.1) is 0 Å². The van der Waals surface area contributed by atoms with Gasteiger partial charge in [0, 0.05) is 19.9 Å². The Balaban J connectivity index is 1.76. The summed E-state index contributed by atoms with van der Waals surface area (Å²) in [7, 11) is 1.83. The molecule has 0 aliphatic carbocycles. The van der Waals surface area contributed by atoms with Gasteiger partial charge in [0.1, 0.15) is 0 Å². The first-order valence-electron chi connectivity index (χ1n) is 7.20. The number of aromatic nitrogens is 2. The number of carbonyl (C=O) groups is 1. The van der Waals surface area contributed by atoms with Gasteiger partial charge >= 0.3 is 0 Å². The third-order valence-corrected chi connectivity index (χ3v) is 3.76. The monoisotopic (exact) mass is 285 g/mol. The molecule has 2 unspecified atom stereocenters. The van der Waals surface area contributed by atoms with E-state index in [9.17, 15) is 4.79 Å². The van der Waals surface area contributed by atoms with E-state index in [4.69, 9.17) is 4.74 Å². The molecule has 110 valence electrons. The Bertz CT molecular complexity index is 609. The van der Waals surface area contributed by atoms with E-state index in [-0.39, 0.29) is 17.9 Å². The van der Waals surface area contributed by atoms with Crippen molar-refractivity contribution in [2.45, 2.75) is 18.9 Å². The van der Waals surface area contributed by atoms with E-state index >= 15 is 0 Å². The van der Waals surface area contributed by atoms with Gasteiger partial charge in [0.15, 0.2) is 0 Å². The SMILES string of the molecule is Cn1cc(NC(=O)C2CCCOC2c2ccccc2)cn1. The molecular formula is C16H19N3O2. The van der Waals surface area contributed by atoms with Gasteiger partial charge in [0.2, 0.25) is 5.91 Å². The summed E-state index contributed by atoms with van der Waals surface area (Å²) in [5, 5.41) is 6.99. The molecule has 2 atom stereocenters. The molecular weight excluding hydrogens is 266 g/mol. The molecule has 0 spiro atoms. The number of amides is 1. The summed E-state index contributed by atoms with van der Waals surface area (Å²) in [5.41, 5.74) is 1.78. The molecule has 1 aliphatic heterocycles. The molecule has 1 fully saturated rings. The second-order valence-corrected chi connectivity index (χ2v) is 5.34. The van der Waals surface area contributed by atoms with E-state index < -0.39 is 0 Å². The van der Waals surface area contributed by atoms with Crippen molar-refractivity contribution < 1.29 is 9.53 Å². The fourth-order valence-corrected chi connectivity index (χ4v) is 2.74. The minimum atomic E-state index is -0.170. The molecule has 2 heterocycles. The smallest absolute Gasteiger partial charge is 0.230 e. The lowest BCUT2D eigenvalue weighted by atomic mass is 9.88. The van der Waals surface area contributed by atoms with Crippen molar-refractivity contribution >= 4 is 11.6 Å². The molecule has 1 saturated heterocycles. The number of carbonyl (C=O) groups excluding carboxylic acids is 1. The summed E-state index contributed by atoms with van der Waals surface area (Å²) < 4.78 is 7.53. The Morgan fingerprint density at radius 1 is 1.38 bits per heavy atom. The summed E-state index contributed by atoms with van der Waals surface area (Å²) in [6.07, 6.45) is 5.02. The van der Waals surface area contributed by atoms with Crippen LogP contribution in [0, 0.1) is 5.92 Å². The molecule has 1 amide bonds. The summed E-state index contributed by atoms with van der Waals surface area (Å²) in [5.74, 6) is -0.169. The van der Waals surface area contributed by atoms with E-state index in [0.29, 0.717) is 6.61 Å². The van der Waals surface area contributed by atoms with Crippen LogP contribution in [0.3, 0.4) is 0 Å². The molecule has 21 heavy (non-hydrogen) atoms. The predicted octanol–water partition coefficient (Wildman–Crippen LogP) is 2.53. The van der Waals surface area contributed by atoms with E-state index in [0.717, 1.165) is 24.1 Å². The third kappa shape index (κ3) is 3.13.